The van der Waals surface area contributed by atoms with Crippen LogP contribution in [-0.2, 0) is 6.54 Å². The van der Waals surface area contributed by atoms with Gasteiger partial charge in [-0.05, 0) is 53.1 Å². The Morgan fingerprint density at radius 3 is 2.43 bits per heavy atom. The van der Waals surface area contributed by atoms with Crippen LogP contribution in [0.15, 0.2) is 89.4 Å². The Balaban J connectivity index is 1.83. The van der Waals surface area contributed by atoms with E-state index in [4.69, 9.17) is 5.73 Å². The van der Waals surface area contributed by atoms with Crippen LogP contribution in [0.2, 0.25) is 0 Å². The molecule has 0 saturated heterocycles. The van der Waals surface area contributed by atoms with Gasteiger partial charge in [-0.2, -0.15) is 0 Å². The summed E-state index contributed by atoms with van der Waals surface area (Å²) in [6.07, 6.45) is 0. The van der Waals surface area contributed by atoms with Crippen LogP contribution in [0.25, 0.3) is 32.9 Å². The van der Waals surface area contributed by atoms with E-state index in [9.17, 15) is 4.79 Å². The third-order valence-corrected chi connectivity index (χ3v) is 6.23. The monoisotopic (exact) mass is 453 g/mol. The highest BCUT2D eigenvalue weighted by Crippen LogP contribution is 2.35. The molecule has 2 N–H and O–H groups in total. The Hall–Kier alpha value is -3.37. The summed E-state index contributed by atoms with van der Waals surface area (Å²) in [6, 6.07) is 31.7. The van der Waals surface area contributed by atoms with Gasteiger partial charge in [-0.15, -0.1) is 0 Å². The SMILES string of the molecule is NC(=O)c1cccc2c1c1[c]cc(-c3ccccc3)cc1n2Cc1ccccc1Br. The van der Waals surface area contributed by atoms with Crippen LogP contribution in [0.4, 0.5) is 0 Å². The summed E-state index contributed by atoms with van der Waals surface area (Å²) in [5.74, 6) is -0.430. The van der Waals surface area contributed by atoms with Gasteiger partial charge in [0, 0.05) is 27.4 Å². The minimum atomic E-state index is -0.430. The first-order chi connectivity index (χ1) is 14.6. The van der Waals surface area contributed by atoms with Crippen LogP contribution < -0.4 is 5.73 Å². The Morgan fingerprint density at radius 1 is 0.900 bits per heavy atom. The van der Waals surface area contributed by atoms with Crippen molar-refractivity contribution < 1.29 is 4.79 Å². The van der Waals surface area contributed by atoms with Crippen molar-refractivity contribution in [2.45, 2.75) is 6.54 Å². The number of rotatable bonds is 4. The number of hydrogen-bond donors (Lipinski definition) is 1. The molecule has 30 heavy (non-hydrogen) atoms. The number of primary amides is 1. The first-order valence-corrected chi connectivity index (χ1v) is 10.5. The molecule has 0 saturated carbocycles. The zero-order valence-electron chi connectivity index (χ0n) is 16.1. The van der Waals surface area contributed by atoms with Crippen molar-refractivity contribution >= 4 is 43.6 Å². The molecule has 0 aliphatic rings. The minimum absolute atomic E-state index is 0.430. The topological polar surface area (TPSA) is 48.0 Å². The lowest BCUT2D eigenvalue weighted by Crippen LogP contribution is -2.11. The highest BCUT2D eigenvalue weighted by Gasteiger charge is 2.18. The Labute approximate surface area is 182 Å². The van der Waals surface area contributed by atoms with Gasteiger partial charge < -0.3 is 10.3 Å². The summed E-state index contributed by atoms with van der Waals surface area (Å²) < 4.78 is 3.29. The molecule has 1 aromatic heterocycles. The van der Waals surface area contributed by atoms with Gasteiger partial charge in [0.25, 0.3) is 0 Å². The maximum absolute atomic E-state index is 12.2. The number of fused-ring (bicyclic) bond motifs is 3. The molecule has 0 bridgehead atoms. The van der Waals surface area contributed by atoms with Crippen molar-refractivity contribution in [1.82, 2.24) is 4.57 Å². The van der Waals surface area contributed by atoms with Crippen molar-refractivity contribution in [3.05, 3.63) is 107 Å². The molecule has 1 radical (unpaired) electrons. The molecule has 0 atom stereocenters. The van der Waals surface area contributed by atoms with Crippen LogP contribution in [-0.4, -0.2) is 10.5 Å². The van der Waals surface area contributed by atoms with Crippen molar-refractivity contribution in [3.63, 3.8) is 0 Å². The van der Waals surface area contributed by atoms with Gasteiger partial charge in [0.2, 0.25) is 5.91 Å². The molecule has 5 aromatic rings. The van der Waals surface area contributed by atoms with Crippen LogP contribution in [0.5, 0.6) is 0 Å². The Morgan fingerprint density at radius 2 is 1.67 bits per heavy atom. The summed E-state index contributed by atoms with van der Waals surface area (Å²) in [4.78, 5) is 12.2. The smallest absolute Gasteiger partial charge is 0.249 e. The molecular weight excluding hydrogens is 436 g/mol. The van der Waals surface area contributed by atoms with E-state index in [0.29, 0.717) is 12.1 Å². The third kappa shape index (κ3) is 3.10. The van der Waals surface area contributed by atoms with E-state index >= 15 is 0 Å². The summed E-state index contributed by atoms with van der Waals surface area (Å²) in [5, 5.41) is 1.76. The molecule has 0 unspecified atom stereocenters. The van der Waals surface area contributed by atoms with Gasteiger partial charge in [0.1, 0.15) is 0 Å². The van der Waals surface area contributed by atoms with E-state index in [1.165, 1.54) is 0 Å². The largest absolute Gasteiger partial charge is 0.366 e. The number of nitrogens with two attached hydrogens (primary N) is 1. The van der Waals surface area contributed by atoms with Gasteiger partial charge in [0.15, 0.2) is 0 Å². The summed E-state index contributed by atoms with van der Waals surface area (Å²) in [5.41, 5.74) is 11.6. The van der Waals surface area contributed by atoms with E-state index in [2.05, 4.69) is 50.8 Å². The molecule has 4 heteroatoms. The molecule has 1 amide bonds. The van der Waals surface area contributed by atoms with E-state index in [0.717, 1.165) is 43.0 Å². The normalized spacial score (nSPS) is 11.2. The van der Waals surface area contributed by atoms with E-state index < -0.39 is 5.91 Å². The second-order valence-electron chi connectivity index (χ2n) is 7.26. The predicted molar refractivity (Wildman–Crippen MR) is 125 cm³/mol. The lowest BCUT2D eigenvalue weighted by molar-refractivity contribution is 0.100. The van der Waals surface area contributed by atoms with Gasteiger partial charge in [-0.3, -0.25) is 4.79 Å². The van der Waals surface area contributed by atoms with E-state index in [1.807, 2.05) is 54.6 Å². The maximum atomic E-state index is 12.2. The molecule has 0 spiro atoms. The van der Waals surface area contributed by atoms with Gasteiger partial charge >= 0.3 is 0 Å². The number of carbonyl (C=O) groups excluding carboxylic acids is 1. The lowest BCUT2D eigenvalue weighted by atomic mass is 10.0. The fourth-order valence-corrected chi connectivity index (χ4v) is 4.44. The van der Waals surface area contributed by atoms with Gasteiger partial charge in [-0.1, -0.05) is 70.5 Å². The molecule has 0 fully saturated rings. The molecule has 145 valence electrons. The predicted octanol–water partition coefficient (Wildman–Crippen LogP) is 6.17. The first-order valence-electron chi connectivity index (χ1n) is 9.69. The minimum Gasteiger partial charge on any atom is -0.366 e. The van der Waals surface area contributed by atoms with E-state index in [1.54, 1.807) is 6.07 Å². The highest BCUT2D eigenvalue weighted by atomic mass is 79.9. The first kappa shape index (κ1) is 18.6. The van der Waals surface area contributed by atoms with Crippen molar-refractivity contribution in [3.8, 4) is 11.1 Å². The third-order valence-electron chi connectivity index (χ3n) is 5.45. The standard InChI is InChI=1S/C26H18BrN2O/c27-22-11-5-4-9-19(22)16-29-23-12-6-10-21(26(28)30)25(23)20-14-13-18(15-24(20)29)17-7-2-1-3-8-17/h1-13,15H,16H2,(H2,28,30). The summed E-state index contributed by atoms with van der Waals surface area (Å²) in [7, 11) is 0. The van der Waals surface area contributed by atoms with Gasteiger partial charge in [0.05, 0.1) is 11.0 Å². The van der Waals surface area contributed by atoms with Crippen LogP contribution in [0.1, 0.15) is 15.9 Å². The summed E-state index contributed by atoms with van der Waals surface area (Å²) >= 11 is 3.66. The Bertz CT molecular complexity index is 1400. The molecule has 1 heterocycles. The van der Waals surface area contributed by atoms with Crippen LogP contribution >= 0.6 is 15.9 Å². The van der Waals surface area contributed by atoms with Crippen LogP contribution in [0, 0.1) is 6.07 Å². The van der Waals surface area contributed by atoms with Crippen LogP contribution in [0.3, 0.4) is 0 Å². The van der Waals surface area contributed by atoms with Crippen molar-refractivity contribution in [2.75, 3.05) is 0 Å². The molecule has 5 rings (SSSR count). The highest BCUT2D eigenvalue weighted by molar-refractivity contribution is 9.10. The number of amides is 1. The Kier molecular flexibility index (Phi) is 4.64. The number of aromatic nitrogens is 1. The average Bonchev–Trinajstić information content (AvgIpc) is 3.09. The quantitative estimate of drug-likeness (QED) is 0.347. The van der Waals surface area contributed by atoms with Crippen molar-refractivity contribution in [1.29, 1.82) is 0 Å². The second-order valence-corrected chi connectivity index (χ2v) is 8.11. The number of hydrogen-bond acceptors (Lipinski definition) is 1. The molecular formula is C26H18BrN2O. The molecule has 0 aliphatic carbocycles. The summed E-state index contributed by atoms with van der Waals surface area (Å²) in [6.45, 7) is 0.662. The number of nitrogens with zero attached hydrogens (tertiary/aromatic N) is 1. The number of carbonyl (C=O) groups is 1. The second kappa shape index (κ2) is 7.47. The van der Waals surface area contributed by atoms with Gasteiger partial charge in [-0.25, -0.2) is 0 Å². The molecule has 0 aliphatic heterocycles. The average molecular weight is 454 g/mol. The number of halogens is 1. The molecule has 3 nitrogen and oxygen atoms in total. The zero-order chi connectivity index (χ0) is 20.7. The lowest BCUT2D eigenvalue weighted by Gasteiger charge is -2.10. The fourth-order valence-electron chi connectivity index (χ4n) is 4.03. The molecule has 4 aromatic carbocycles. The van der Waals surface area contributed by atoms with E-state index in [-0.39, 0.29) is 0 Å². The maximum Gasteiger partial charge on any atom is 0.249 e. The fraction of sp³-hybridized carbons (Fsp3) is 0.0385. The number of benzene rings is 4. The van der Waals surface area contributed by atoms with Crippen molar-refractivity contribution in [2.24, 2.45) is 5.73 Å². The zero-order valence-corrected chi connectivity index (χ0v) is 17.7.